The molecule has 1 aromatic heterocycles. The van der Waals surface area contributed by atoms with Gasteiger partial charge in [-0.25, -0.2) is 9.97 Å². The molecule has 0 unspecified atom stereocenters. The predicted octanol–water partition coefficient (Wildman–Crippen LogP) is 5.07. The largest absolute Gasteiger partial charge is 0.490 e. The first-order valence-electron chi connectivity index (χ1n) is 9.06. The first kappa shape index (κ1) is 17.9. The lowest BCUT2D eigenvalue weighted by atomic mass is 10.1. The summed E-state index contributed by atoms with van der Waals surface area (Å²) in [5, 5.41) is 0.968. The zero-order valence-corrected chi connectivity index (χ0v) is 15.3. The summed E-state index contributed by atoms with van der Waals surface area (Å²) in [5.74, 6) is 1.45. The Kier molecular flexibility index (Phi) is 6.20. The molecule has 0 aliphatic rings. The van der Waals surface area contributed by atoms with Crippen LogP contribution in [0.5, 0.6) is 11.5 Å². The number of hydrogen-bond donors (Lipinski definition) is 0. The van der Waals surface area contributed by atoms with Gasteiger partial charge in [-0.05, 0) is 44.4 Å². The van der Waals surface area contributed by atoms with Crippen molar-refractivity contribution in [1.82, 2.24) is 9.97 Å². The minimum Gasteiger partial charge on any atom is -0.490 e. The zero-order chi connectivity index (χ0) is 18.2. The smallest absolute Gasteiger partial charge is 0.163 e. The first-order valence-corrected chi connectivity index (χ1v) is 9.06. The lowest BCUT2D eigenvalue weighted by molar-refractivity contribution is 0.288. The Morgan fingerprint density at radius 3 is 2.38 bits per heavy atom. The molecule has 4 heteroatoms. The van der Waals surface area contributed by atoms with E-state index in [4.69, 9.17) is 9.47 Å². The third kappa shape index (κ3) is 4.39. The number of fused-ring (bicyclic) bond motifs is 1. The quantitative estimate of drug-likeness (QED) is 0.570. The van der Waals surface area contributed by atoms with Crippen molar-refractivity contribution in [2.45, 2.75) is 26.7 Å². The molecule has 3 rings (SSSR count). The highest BCUT2D eigenvalue weighted by molar-refractivity contribution is 5.88. The fraction of sp³-hybridized carbons (Fsp3) is 0.273. The van der Waals surface area contributed by atoms with Gasteiger partial charge >= 0.3 is 0 Å². The monoisotopic (exact) mass is 348 g/mol. The molecule has 26 heavy (non-hydrogen) atoms. The number of hydrogen-bond acceptors (Lipinski definition) is 4. The average molecular weight is 348 g/mol. The number of ether oxygens (including phenoxy) is 2. The standard InChI is InChI=1S/C22H24N2O2/c1-3-25-21-14-18-19(13-9-8-12-17-10-6-5-7-11-17)23-16-24-20(18)15-22(21)26-4-2/h5-7,9-11,13-16H,3-4,8,12H2,1-2H3. The maximum absolute atomic E-state index is 5.73. The Morgan fingerprint density at radius 2 is 1.65 bits per heavy atom. The number of aryl methyl sites for hydroxylation is 1. The van der Waals surface area contributed by atoms with E-state index < -0.39 is 0 Å². The fourth-order valence-electron chi connectivity index (χ4n) is 2.84. The second-order valence-electron chi connectivity index (χ2n) is 5.87. The Labute approximate surface area is 154 Å². The van der Waals surface area contributed by atoms with Crippen molar-refractivity contribution < 1.29 is 9.47 Å². The van der Waals surface area contributed by atoms with E-state index in [1.54, 1.807) is 6.33 Å². The summed E-state index contributed by atoms with van der Waals surface area (Å²) >= 11 is 0. The lowest BCUT2D eigenvalue weighted by Gasteiger charge is -2.12. The van der Waals surface area contributed by atoms with Gasteiger partial charge in [-0.3, -0.25) is 0 Å². The highest BCUT2D eigenvalue weighted by Crippen LogP contribution is 2.33. The summed E-state index contributed by atoms with van der Waals surface area (Å²) in [7, 11) is 0. The van der Waals surface area contributed by atoms with Crippen molar-refractivity contribution in [2.75, 3.05) is 13.2 Å². The molecule has 2 aromatic carbocycles. The van der Waals surface area contributed by atoms with Gasteiger partial charge in [0.25, 0.3) is 0 Å². The van der Waals surface area contributed by atoms with Gasteiger partial charge in [0.1, 0.15) is 6.33 Å². The van der Waals surface area contributed by atoms with Gasteiger partial charge in [-0.2, -0.15) is 0 Å². The summed E-state index contributed by atoms with van der Waals surface area (Å²) < 4.78 is 11.4. The number of allylic oxidation sites excluding steroid dienone is 1. The van der Waals surface area contributed by atoms with Crippen LogP contribution in [0.15, 0.2) is 54.9 Å². The summed E-state index contributed by atoms with van der Waals surface area (Å²) in [4.78, 5) is 8.82. The van der Waals surface area contributed by atoms with E-state index in [0.29, 0.717) is 13.2 Å². The molecule has 0 aliphatic heterocycles. The normalized spacial score (nSPS) is 11.2. The molecular weight excluding hydrogens is 324 g/mol. The van der Waals surface area contributed by atoms with Crippen molar-refractivity contribution in [2.24, 2.45) is 0 Å². The maximum atomic E-state index is 5.73. The van der Waals surface area contributed by atoms with E-state index in [9.17, 15) is 0 Å². The lowest BCUT2D eigenvalue weighted by Crippen LogP contribution is -1.99. The molecule has 0 amide bonds. The highest BCUT2D eigenvalue weighted by atomic mass is 16.5. The maximum Gasteiger partial charge on any atom is 0.163 e. The van der Waals surface area contributed by atoms with Crippen LogP contribution in [0.2, 0.25) is 0 Å². The molecule has 0 bridgehead atoms. The van der Waals surface area contributed by atoms with Crippen LogP contribution < -0.4 is 9.47 Å². The van der Waals surface area contributed by atoms with Gasteiger partial charge in [-0.15, -0.1) is 0 Å². The second kappa shape index (κ2) is 8.99. The van der Waals surface area contributed by atoms with Gasteiger partial charge in [-0.1, -0.05) is 36.4 Å². The van der Waals surface area contributed by atoms with Gasteiger partial charge in [0.2, 0.25) is 0 Å². The number of rotatable bonds is 8. The second-order valence-corrected chi connectivity index (χ2v) is 5.87. The van der Waals surface area contributed by atoms with Gasteiger partial charge in [0, 0.05) is 11.5 Å². The van der Waals surface area contributed by atoms with Crippen LogP contribution in [-0.2, 0) is 6.42 Å². The molecular formula is C22H24N2O2. The molecule has 3 aromatic rings. The van der Waals surface area contributed by atoms with Gasteiger partial charge in [0.15, 0.2) is 11.5 Å². The molecule has 1 heterocycles. The Morgan fingerprint density at radius 1 is 0.923 bits per heavy atom. The molecule has 0 aliphatic carbocycles. The Bertz CT molecular complexity index is 876. The van der Waals surface area contributed by atoms with E-state index >= 15 is 0 Å². The van der Waals surface area contributed by atoms with Crippen LogP contribution >= 0.6 is 0 Å². The van der Waals surface area contributed by atoms with Crippen LogP contribution in [0.3, 0.4) is 0 Å². The van der Waals surface area contributed by atoms with Crippen LogP contribution in [0, 0.1) is 0 Å². The van der Waals surface area contributed by atoms with Crippen molar-refractivity contribution in [3.05, 3.63) is 66.1 Å². The van der Waals surface area contributed by atoms with E-state index in [1.807, 2.05) is 32.0 Å². The molecule has 4 nitrogen and oxygen atoms in total. The van der Waals surface area contributed by atoms with E-state index in [1.165, 1.54) is 5.56 Å². The van der Waals surface area contributed by atoms with Crippen LogP contribution in [0.1, 0.15) is 31.5 Å². The van der Waals surface area contributed by atoms with Crippen molar-refractivity contribution in [1.29, 1.82) is 0 Å². The average Bonchev–Trinajstić information content (AvgIpc) is 2.67. The molecule has 0 N–H and O–H groups in total. The number of aromatic nitrogens is 2. The third-order valence-electron chi connectivity index (χ3n) is 4.05. The summed E-state index contributed by atoms with van der Waals surface area (Å²) in [6.07, 6.45) is 7.79. The molecule has 0 spiro atoms. The van der Waals surface area contributed by atoms with E-state index in [2.05, 4.69) is 46.4 Å². The summed E-state index contributed by atoms with van der Waals surface area (Å²) in [6, 6.07) is 14.4. The minimum absolute atomic E-state index is 0.585. The van der Waals surface area contributed by atoms with E-state index in [-0.39, 0.29) is 0 Å². The summed E-state index contributed by atoms with van der Waals surface area (Å²) in [6.45, 7) is 5.09. The molecule has 0 saturated heterocycles. The molecule has 134 valence electrons. The molecule has 0 atom stereocenters. The van der Waals surface area contributed by atoms with Gasteiger partial charge < -0.3 is 9.47 Å². The van der Waals surface area contributed by atoms with Crippen LogP contribution in [-0.4, -0.2) is 23.2 Å². The first-order chi connectivity index (χ1) is 12.8. The van der Waals surface area contributed by atoms with Crippen molar-refractivity contribution in [3.8, 4) is 11.5 Å². The molecule has 0 saturated carbocycles. The number of nitrogens with zero attached hydrogens (tertiary/aromatic N) is 2. The summed E-state index contributed by atoms with van der Waals surface area (Å²) in [5.41, 5.74) is 3.09. The Balaban J connectivity index is 1.83. The van der Waals surface area contributed by atoms with Crippen molar-refractivity contribution in [3.63, 3.8) is 0 Å². The fourth-order valence-corrected chi connectivity index (χ4v) is 2.84. The van der Waals surface area contributed by atoms with E-state index in [0.717, 1.165) is 40.9 Å². The van der Waals surface area contributed by atoms with Crippen molar-refractivity contribution >= 4 is 17.0 Å². The third-order valence-corrected chi connectivity index (χ3v) is 4.05. The van der Waals surface area contributed by atoms with Crippen LogP contribution in [0.4, 0.5) is 0 Å². The predicted molar refractivity (Wildman–Crippen MR) is 106 cm³/mol. The molecule has 0 radical (unpaired) electrons. The highest BCUT2D eigenvalue weighted by Gasteiger charge is 2.10. The number of benzene rings is 2. The van der Waals surface area contributed by atoms with Gasteiger partial charge in [0.05, 0.1) is 24.4 Å². The molecule has 0 fully saturated rings. The topological polar surface area (TPSA) is 44.2 Å². The zero-order valence-electron chi connectivity index (χ0n) is 15.3. The minimum atomic E-state index is 0.585. The van der Waals surface area contributed by atoms with Crippen LogP contribution in [0.25, 0.3) is 17.0 Å². The SMILES string of the molecule is CCOc1cc2ncnc(C=CCCc3ccccc3)c2cc1OCC. The Hall–Kier alpha value is -2.88.